The number of hydrogen-bond donors (Lipinski definition) is 0. The van der Waals surface area contributed by atoms with Crippen LogP contribution in [0.25, 0.3) is 17.2 Å². The van der Waals surface area contributed by atoms with Crippen LogP contribution in [0.1, 0.15) is 76.6 Å². The van der Waals surface area contributed by atoms with E-state index in [0.29, 0.717) is 5.92 Å². The second-order valence-corrected chi connectivity index (χ2v) is 10.8. The third-order valence-corrected chi connectivity index (χ3v) is 9.11. The van der Waals surface area contributed by atoms with Gasteiger partial charge in [-0.1, -0.05) is 71.9 Å². The van der Waals surface area contributed by atoms with Crippen LogP contribution in [-0.4, -0.2) is 17.6 Å². The lowest BCUT2D eigenvalue weighted by molar-refractivity contribution is 0.0739. The second-order valence-electron chi connectivity index (χ2n) is 10.8. The van der Waals surface area contributed by atoms with Gasteiger partial charge in [0.05, 0.1) is 0 Å². The summed E-state index contributed by atoms with van der Waals surface area (Å²) in [6.45, 7) is 18.4. The van der Waals surface area contributed by atoms with E-state index in [-0.39, 0.29) is 16.5 Å². The van der Waals surface area contributed by atoms with E-state index in [0.717, 1.165) is 0 Å². The first kappa shape index (κ1) is 20.4. The van der Waals surface area contributed by atoms with Gasteiger partial charge < -0.3 is 9.80 Å². The summed E-state index contributed by atoms with van der Waals surface area (Å²) < 4.78 is 0. The number of anilines is 1. The summed E-state index contributed by atoms with van der Waals surface area (Å²) in [6.07, 6.45) is 8.89. The molecule has 0 aromatic heterocycles. The van der Waals surface area contributed by atoms with Crippen molar-refractivity contribution in [2.75, 3.05) is 11.9 Å². The van der Waals surface area contributed by atoms with Gasteiger partial charge in [0.15, 0.2) is 0 Å². The fourth-order valence-corrected chi connectivity index (χ4v) is 6.75. The van der Waals surface area contributed by atoms with Crippen LogP contribution >= 0.6 is 0 Å². The Kier molecular flexibility index (Phi) is 4.14. The van der Waals surface area contributed by atoms with Crippen LogP contribution in [0.15, 0.2) is 49.3 Å². The lowest BCUT2D eigenvalue weighted by atomic mass is 9.61. The van der Waals surface area contributed by atoms with E-state index >= 15 is 0 Å². The lowest BCUT2D eigenvalue weighted by Gasteiger charge is -2.57. The Morgan fingerprint density at radius 1 is 0.968 bits per heavy atom. The summed E-state index contributed by atoms with van der Waals surface area (Å²) in [5.74, 6) is 0.488. The van der Waals surface area contributed by atoms with Gasteiger partial charge >= 0.3 is 0 Å². The molecule has 2 heteroatoms. The zero-order valence-electron chi connectivity index (χ0n) is 20.2. The summed E-state index contributed by atoms with van der Waals surface area (Å²) in [7, 11) is 2.23. The molecule has 2 unspecified atom stereocenters. The maximum atomic E-state index is 4.00. The van der Waals surface area contributed by atoms with Crippen molar-refractivity contribution in [2.24, 2.45) is 5.92 Å². The molecule has 0 N–H and O–H groups in total. The van der Waals surface area contributed by atoms with Crippen LogP contribution < -0.4 is 4.90 Å². The Bertz CT molecular complexity index is 1120. The molecule has 31 heavy (non-hydrogen) atoms. The predicted molar refractivity (Wildman–Crippen MR) is 133 cm³/mol. The maximum absolute atomic E-state index is 4.00. The molecule has 2 aliphatic heterocycles. The van der Waals surface area contributed by atoms with Crippen LogP contribution in [0.5, 0.6) is 0 Å². The number of hydrogen-bond acceptors (Lipinski definition) is 2. The summed E-state index contributed by atoms with van der Waals surface area (Å²) in [5, 5.41) is 0. The SMILES string of the molecule is C=Cc1ccc2c(c1)C(C)(C)c1cc3c(cc1-2)C(C)(CCC)C(C)[C@@]1(C)N(C)C=CN31. The van der Waals surface area contributed by atoms with Gasteiger partial charge in [0.25, 0.3) is 0 Å². The Morgan fingerprint density at radius 3 is 2.35 bits per heavy atom. The summed E-state index contributed by atoms with van der Waals surface area (Å²) in [5.41, 5.74) is 9.84. The van der Waals surface area contributed by atoms with Crippen molar-refractivity contribution in [1.82, 2.24) is 4.90 Å². The van der Waals surface area contributed by atoms with Gasteiger partial charge in [-0.3, -0.25) is 0 Å². The van der Waals surface area contributed by atoms with Crippen molar-refractivity contribution < 1.29 is 0 Å². The van der Waals surface area contributed by atoms with Crippen LogP contribution in [0.2, 0.25) is 0 Å². The van der Waals surface area contributed by atoms with Crippen molar-refractivity contribution in [2.45, 2.75) is 70.9 Å². The van der Waals surface area contributed by atoms with Crippen molar-refractivity contribution in [3.05, 3.63) is 71.6 Å². The first-order valence-corrected chi connectivity index (χ1v) is 11.8. The van der Waals surface area contributed by atoms with Crippen LogP contribution in [0, 0.1) is 5.92 Å². The fourth-order valence-electron chi connectivity index (χ4n) is 6.75. The Balaban J connectivity index is 1.81. The van der Waals surface area contributed by atoms with Crippen molar-refractivity contribution in [3.63, 3.8) is 0 Å². The molecule has 0 bridgehead atoms. The van der Waals surface area contributed by atoms with Gasteiger partial charge in [-0.2, -0.15) is 0 Å². The predicted octanol–water partition coefficient (Wildman–Crippen LogP) is 7.28. The standard InChI is InChI=1S/C29H36N2/c1-9-13-28(6)19(3)29(7)30(8)14-15-31(29)26-18-24-22(17-25(26)28)21-12-11-20(10-2)16-23(21)27(24,4)5/h10-12,14-19H,2,9,13H2,1,3-8H3/t19?,28?,29-/m0/s1. The van der Waals surface area contributed by atoms with Crippen molar-refractivity contribution in [1.29, 1.82) is 0 Å². The number of nitrogens with zero attached hydrogens (tertiary/aromatic N) is 2. The van der Waals surface area contributed by atoms with E-state index in [1.165, 1.54) is 51.9 Å². The van der Waals surface area contributed by atoms with Gasteiger partial charge in [-0.15, -0.1) is 0 Å². The molecular formula is C29H36N2. The summed E-state index contributed by atoms with van der Waals surface area (Å²) >= 11 is 0. The highest BCUT2D eigenvalue weighted by Gasteiger charge is 2.56. The van der Waals surface area contributed by atoms with E-state index in [1.54, 1.807) is 0 Å². The minimum Gasteiger partial charge on any atom is -0.356 e. The van der Waals surface area contributed by atoms with E-state index in [4.69, 9.17) is 0 Å². The Hall–Kier alpha value is -2.48. The molecule has 0 saturated carbocycles. The van der Waals surface area contributed by atoms with Gasteiger partial charge in [-0.25, -0.2) is 0 Å². The molecule has 0 saturated heterocycles. The van der Waals surface area contributed by atoms with E-state index in [1.807, 2.05) is 6.08 Å². The second kappa shape index (κ2) is 6.28. The average Bonchev–Trinajstić information content (AvgIpc) is 3.17. The highest BCUT2D eigenvalue weighted by molar-refractivity contribution is 5.86. The first-order valence-electron chi connectivity index (χ1n) is 11.8. The highest BCUT2D eigenvalue weighted by Crippen LogP contribution is 2.59. The zero-order chi connectivity index (χ0) is 22.3. The molecule has 1 aliphatic carbocycles. The van der Waals surface area contributed by atoms with Gasteiger partial charge in [0.2, 0.25) is 0 Å². The quantitative estimate of drug-likeness (QED) is 0.522. The number of rotatable bonds is 3. The van der Waals surface area contributed by atoms with Crippen LogP contribution in [0.4, 0.5) is 5.69 Å². The molecule has 0 fully saturated rings. The fraction of sp³-hybridized carbons (Fsp3) is 0.448. The molecule has 162 valence electrons. The number of benzene rings is 2. The van der Waals surface area contributed by atoms with Gasteiger partial charge in [0, 0.05) is 41.9 Å². The van der Waals surface area contributed by atoms with E-state index < -0.39 is 0 Å². The molecule has 2 nitrogen and oxygen atoms in total. The molecule has 2 aromatic carbocycles. The molecule has 0 amide bonds. The molecule has 0 spiro atoms. The van der Waals surface area contributed by atoms with E-state index in [2.05, 4.69) is 108 Å². The third kappa shape index (κ3) is 2.34. The zero-order valence-corrected chi connectivity index (χ0v) is 20.2. The summed E-state index contributed by atoms with van der Waals surface area (Å²) in [4.78, 5) is 4.96. The third-order valence-electron chi connectivity index (χ3n) is 9.11. The Labute approximate surface area is 188 Å². The first-order chi connectivity index (χ1) is 14.6. The van der Waals surface area contributed by atoms with E-state index in [9.17, 15) is 0 Å². The normalized spacial score (nSPS) is 29.5. The van der Waals surface area contributed by atoms with Crippen molar-refractivity contribution in [3.8, 4) is 11.1 Å². The topological polar surface area (TPSA) is 6.48 Å². The molecule has 2 aromatic rings. The molecule has 5 rings (SSSR count). The van der Waals surface area contributed by atoms with Crippen LogP contribution in [0.3, 0.4) is 0 Å². The Morgan fingerprint density at radius 2 is 1.68 bits per heavy atom. The molecular weight excluding hydrogens is 376 g/mol. The lowest BCUT2D eigenvalue weighted by Crippen LogP contribution is -2.63. The molecule has 2 heterocycles. The monoisotopic (exact) mass is 412 g/mol. The van der Waals surface area contributed by atoms with Crippen molar-refractivity contribution >= 4 is 11.8 Å². The summed E-state index contributed by atoms with van der Waals surface area (Å²) in [6, 6.07) is 11.9. The smallest absolute Gasteiger partial charge is 0.117 e. The average molecular weight is 413 g/mol. The van der Waals surface area contributed by atoms with Gasteiger partial charge in [0.1, 0.15) is 5.66 Å². The number of fused-ring (bicyclic) bond motifs is 6. The minimum atomic E-state index is -0.0449. The maximum Gasteiger partial charge on any atom is 0.117 e. The van der Waals surface area contributed by atoms with Gasteiger partial charge in [-0.05, 0) is 58.9 Å². The highest BCUT2D eigenvalue weighted by atomic mass is 15.4. The van der Waals surface area contributed by atoms with Crippen LogP contribution in [-0.2, 0) is 10.8 Å². The molecule has 3 aliphatic rings. The molecule has 0 radical (unpaired) electrons. The minimum absolute atomic E-state index is 0.0192. The molecule has 3 atom stereocenters. The largest absolute Gasteiger partial charge is 0.356 e.